The van der Waals surface area contributed by atoms with Crippen molar-refractivity contribution in [1.29, 1.82) is 10.5 Å². The summed E-state index contributed by atoms with van der Waals surface area (Å²) in [4.78, 5) is 15.6. The first kappa shape index (κ1) is 26.8. The average Bonchev–Trinajstić information content (AvgIpc) is 3.43. The van der Waals surface area contributed by atoms with E-state index in [1.165, 1.54) is 36.5 Å². The van der Waals surface area contributed by atoms with Crippen LogP contribution in [0.25, 0.3) is 10.9 Å². The Morgan fingerprint density at radius 3 is 2.65 bits per heavy atom. The number of fused-ring (bicyclic) bond motifs is 1. The van der Waals surface area contributed by atoms with Crippen molar-refractivity contribution in [2.24, 2.45) is 11.1 Å². The predicted molar refractivity (Wildman–Crippen MR) is 145 cm³/mol. The third kappa shape index (κ3) is 5.77. The van der Waals surface area contributed by atoms with Crippen molar-refractivity contribution in [2.75, 3.05) is 17.2 Å². The van der Waals surface area contributed by atoms with E-state index in [0.29, 0.717) is 23.1 Å². The van der Waals surface area contributed by atoms with Crippen LogP contribution in [-0.4, -0.2) is 32.4 Å². The SMILES string of the molecule is [2H]C(Nc1cc(Cl)c2ncc(C#N)c(NCC(C)(C)C)c2c1)(c1cccc(C#N)c1)c1cn(C(F)(F)C(N)=O)nn1. The van der Waals surface area contributed by atoms with Crippen molar-refractivity contribution in [2.45, 2.75) is 32.8 Å². The lowest BCUT2D eigenvalue weighted by molar-refractivity contribution is -0.159. The van der Waals surface area contributed by atoms with Gasteiger partial charge in [-0.2, -0.15) is 24.0 Å². The number of alkyl halides is 2. The summed E-state index contributed by atoms with van der Waals surface area (Å²) in [6, 6.07) is 6.78. The van der Waals surface area contributed by atoms with Crippen LogP contribution < -0.4 is 16.4 Å². The van der Waals surface area contributed by atoms with Crippen LogP contribution in [0, 0.1) is 28.1 Å². The van der Waals surface area contributed by atoms with Crippen LogP contribution in [0.5, 0.6) is 0 Å². The maximum Gasteiger partial charge on any atom is 0.423 e. The van der Waals surface area contributed by atoms with Gasteiger partial charge in [-0.1, -0.05) is 49.7 Å². The second kappa shape index (κ2) is 10.8. The van der Waals surface area contributed by atoms with Crippen molar-refractivity contribution in [1.82, 2.24) is 20.0 Å². The molecule has 1 atom stereocenters. The Labute approximate surface area is 234 Å². The van der Waals surface area contributed by atoms with Crippen molar-refractivity contribution in [3.05, 3.63) is 76.2 Å². The summed E-state index contributed by atoms with van der Waals surface area (Å²) >= 11 is 6.59. The Bertz CT molecular complexity index is 1740. The first-order valence-corrected chi connectivity index (χ1v) is 12.2. The Morgan fingerprint density at radius 1 is 1.25 bits per heavy atom. The van der Waals surface area contributed by atoms with Gasteiger partial charge in [-0.05, 0) is 35.2 Å². The lowest BCUT2D eigenvalue weighted by Crippen LogP contribution is -2.39. The maximum atomic E-state index is 14.3. The number of nitrogens with zero attached hydrogens (tertiary/aromatic N) is 6. The zero-order valence-corrected chi connectivity index (χ0v) is 22.4. The molecule has 2 aromatic heterocycles. The fraction of sp³-hybridized carbons (Fsp3) is 0.259. The number of hydrogen-bond acceptors (Lipinski definition) is 8. The molecule has 4 rings (SSSR count). The van der Waals surface area contributed by atoms with E-state index in [1.807, 2.05) is 26.8 Å². The average molecular weight is 565 g/mol. The van der Waals surface area contributed by atoms with Crippen LogP contribution in [0.1, 0.15) is 50.5 Å². The summed E-state index contributed by atoms with van der Waals surface area (Å²) in [6.07, 6.45) is 2.13. The Hall–Kier alpha value is -4.81. The van der Waals surface area contributed by atoms with Crippen LogP contribution in [0.4, 0.5) is 20.2 Å². The molecule has 0 saturated carbocycles. The van der Waals surface area contributed by atoms with Gasteiger partial charge in [-0.25, -0.2) is 0 Å². The lowest BCUT2D eigenvalue weighted by Gasteiger charge is -2.22. The minimum Gasteiger partial charge on any atom is -0.383 e. The molecule has 0 saturated heterocycles. The molecular weight excluding hydrogens is 540 g/mol. The molecule has 0 aliphatic heterocycles. The number of benzene rings is 2. The third-order valence-electron chi connectivity index (χ3n) is 5.72. The molecule has 10 nitrogen and oxygen atoms in total. The molecule has 0 aliphatic carbocycles. The van der Waals surface area contributed by atoms with Gasteiger partial charge in [-0.3, -0.25) is 9.78 Å². The van der Waals surface area contributed by atoms with Crippen LogP contribution in [-0.2, 0) is 10.8 Å². The number of amides is 1. The molecule has 0 fully saturated rings. The van der Waals surface area contributed by atoms with Crippen LogP contribution in [0.2, 0.25) is 5.02 Å². The largest absolute Gasteiger partial charge is 0.423 e. The quantitative estimate of drug-likeness (QED) is 0.272. The van der Waals surface area contributed by atoms with E-state index < -0.39 is 18.0 Å². The van der Waals surface area contributed by atoms with E-state index in [9.17, 15) is 25.5 Å². The molecule has 4 aromatic rings. The number of halogens is 3. The van der Waals surface area contributed by atoms with E-state index in [1.54, 1.807) is 6.07 Å². The molecule has 0 spiro atoms. The van der Waals surface area contributed by atoms with Crippen molar-refractivity contribution >= 4 is 39.8 Å². The zero-order chi connectivity index (χ0) is 30.2. The van der Waals surface area contributed by atoms with Gasteiger partial charge in [0, 0.05) is 23.8 Å². The highest BCUT2D eigenvalue weighted by Crippen LogP contribution is 2.36. The molecule has 1 amide bonds. The molecule has 2 heterocycles. The Balaban J connectivity index is 1.90. The van der Waals surface area contributed by atoms with Gasteiger partial charge in [0.15, 0.2) is 0 Å². The smallest absolute Gasteiger partial charge is 0.383 e. The van der Waals surface area contributed by atoms with E-state index in [-0.39, 0.29) is 43.2 Å². The van der Waals surface area contributed by atoms with E-state index in [0.717, 1.165) is 6.20 Å². The van der Waals surface area contributed by atoms with Gasteiger partial charge < -0.3 is 16.4 Å². The lowest BCUT2D eigenvalue weighted by atomic mass is 9.96. The summed E-state index contributed by atoms with van der Waals surface area (Å²) in [5.41, 5.74) is 6.09. The number of anilines is 2. The Morgan fingerprint density at radius 2 is 2.00 bits per heavy atom. The summed E-state index contributed by atoms with van der Waals surface area (Å²) in [6.45, 7) is 6.58. The summed E-state index contributed by atoms with van der Waals surface area (Å²) in [5, 5.41) is 33.2. The molecule has 0 aliphatic rings. The molecule has 0 bridgehead atoms. The highest BCUT2D eigenvalue weighted by Gasteiger charge is 2.41. The molecule has 204 valence electrons. The van der Waals surface area contributed by atoms with E-state index in [2.05, 4.69) is 32.0 Å². The number of nitrogens with one attached hydrogen (secondary N) is 2. The minimum absolute atomic E-state index is 0.0329. The maximum absolute atomic E-state index is 14.3. The third-order valence-corrected chi connectivity index (χ3v) is 6.01. The predicted octanol–water partition coefficient (Wildman–Crippen LogP) is 4.92. The number of nitrogens with two attached hydrogens (primary N) is 1. The molecular formula is C27H24ClF2N9O. The van der Waals surface area contributed by atoms with Gasteiger partial charge >= 0.3 is 12.0 Å². The zero-order valence-electron chi connectivity index (χ0n) is 22.6. The van der Waals surface area contributed by atoms with E-state index >= 15 is 0 Å². The van der Waals surface area contributed by atoms with Gasteiger partial charge in [0.1, 0.15) is 11.8 Å². The fourth-order valence-electron chi connectivity index (χ4n) is 3.76. The van der Waals surface area contributed by atoms with Crippen molar-refractivity contribution in [3.63, 3.8) is 0 Å². The monoisotopic (exact) mass is 564 g/mol. The number of nitriles is 2. The topological polar surface area (TPSA) is 158 Å². The van der Waals surface area contributed by atoms with Gasteiger partial charge in [0.05, 0.1) is 47.0 Å². The van der Waals surface area contributed by atoms with Gasteiger partial charge in [0.25, 0.3) is 0 Å². The number of rotatable bonds is 8. The highest BCUT2D eigenvalue weighted by molar-refractivity contribution is 6.35. The minimum atomic E-state index is -4.21. The molecule has 4 N–H and O–H groups in total. The number of carbonyl (C=O) groups is 1. The first-order chi connectivity index (χ1) is 19.2. The number of carbonyl (C=O) groups excluding carboxylic acids is 1. The standard InChI is InChI=1S/C27H24ClF2N9O/c1-26(2,3)14-35-22-17(11-32)12-34-24-19(22)8-18(9-20(24)28)36-23(16-6-4-5-15(7-16)10-31)21-13-39(38-37-21)27(29,30)25(33)40/h4-9,12-13,23,36H,14H2,1-3H3,(H2,33,40)(H,34,35)/i23D. The van der Waals surface area contributed by atoms with Gasteiger partial charge in [0.2, 0.25) is 0 Å². The van der Waals surface area contributed by atoms with Crippen LogP contribution in [0.3, 0.4) is 0 Å². The highest BCUT2D eigenvalue weighted by atomic mass is 35.5. The molecule has 1 unspecified atom stereocenters. The first-order valence-electron chi connectivity index (χ1n) is 12.4. The number of hydrogen-bond donors (Lipinski definition) is 3. The summed E-state index contributed by atoms with van der Waals surface area (Å²) in [7, 11) is 0. The second-order valence-electron chi connectivity index (χ2n) is 10.1. The summed E-state index contributed by atoms with van der Waals surface area (Å²) < 4.78 is 38.0. The Kier molecular flexibility index (Phi) is 7.20. The van der Waals surface area contributed by atoms with Crippen molar-refractivity contribution in [3.8, 4) is 12.1 Å². The normalized spacial score (nSPS) is 13.6. The van der Waals surface area contributed by atoms with Crippen LogP contribution in [0.15, 0.2) is 48.8 Å². The molecule has 13 heteroatoms. The van der Waals surface area contributed by atoms with E-state index in [4.69, 9.17) is 17.3 Å². The molecule has 0 radical (unpaired) electrons. The fourth-order valence-corrected chi connectivity index (χ4v) is 4.03. The van der Waals surface area contributed by atoms with Crippen molar-refractivity contribution < 1.29 is 14.9 Å². The molecule has 2 aromatic carbocycles. The number of primary amides is 1. The van der Waals surface area contributed by atoms with Crippen LogP contribution >= 0.6 is 11.6 Å². The van der Waals surface area contributed by atoms with Gasteiger partial charge in [-0.15, -0.1) is 5.10 Å². The second-order valence-corrected chi connectivity index (χ2v) is 10.5. The number of pyridine rings is 1. The molecule has 40 heavy (non-hydrogen) atoms. The summed E-state index contributed by atoms with van der Waals surface area (Å²) in [5.74, 6) is -1.96. The number of aromatic nitrogens is 4.